The Bertz CT molecular complexity index is 472. The van der Waals surface area contributed by atoms with Crippen LogP contribution in [-0.4, -0.2) is 37.9 Å². The molecule has 0 amide bonds. The van der Waals surface area contributed by atoms with Crippen molar-refractivity contribution in [2.24, 2.45) is 5.41 Å². The molecule has 0 radical (unpaired) electrons. The first kappa shape index (κ1) is 14.9. The monoisotopic (exact) mass is 277 g/mol. The second kappa shape index (κ2) is 5.83. The van der Waals surface area contributed by atoms with Gasteiger partial charge in [0.1, 0.15) is 0 Å². The fraction of sp³-hybridized carbons (Fsp3) is 0.562. The molecule has 1 aliphatic heterocycles. The number of nitrogens with zero attached hydrogens (tertiary/aromatic N) is 1. The predicted octanol–water partition coefficient (Wildman–Crippen LogP) is 2.62. The number of aryl methyl sites for hydroxylation is 2. The summed E-state index contributed by atoms with van der Waals surface area (Å²) in [7, 11) is 1.97. The van der Waals surface area contributed by atoms with Crippen molar-refractivity contribution in [3.05, 3.63) is 29.3 Å². The topological polar surface area (TPSA) is 49.8 Å². The molecule has 1 aromatic rings. The molecule has 1 saturated heterocycles. The Kier molecular flexibility index (Phi) is 4.33. The second-order valence-electron chi connectivity index (χ2n) is 5.90. The molecule has 0 saturated carbocycles. The zero-order chi connectivity index (χ0) is 14.8. The summed E-state index contributed by atoms with van der Waals surface area (Å²) in [5.74, 6) is -0.711. The first-order valence-electron chi connectivity index (χ1n) is 7.03. The number of carbonyl (C=O) groups is 1. The van der Waals surface area contributed by atoms with Crippen LogP contribution in [0.15, 0.2) is 18.2 Å². The molecule has 1 fully saturated rings. The molecule has 4 heteroatoms. The van der Waals surface area contributed by atoms with E-state index in [0.29, 0.717) is 32.6 Å². The smallest absolute Gasteiger partial charge is 0.311 e. The van der Waals surface area contributed by atoms with Gasteiger partial charge in [-0.05, 0) is 49.9 Å². The number of carboxylic acids is 1. The highest BCUT2D eigenvalue weighted by atomic mass is 16.5. The number of hydrogen-bond donors (Lipinski definition) is 1. The molecule has 1 aromatic carbocycles. The van der Waals surface area contributed by atoms with Gasteiger partial charge in [0.2, 0.25) is 0 Å². The summed E-state index contributed by atoms with van der Waals surface area (Å²) < 4.78 is 5.32. The van der Waals surface area contributed by atoms with Crippen LogP contribution >= 0.6 is 0 Å². The van der Waals surface area contributed by atoms with E-state index in [-0.39, 0.29) is 0 Å². The van der Waals surface area contributed by atoms with Gasteiger partial charge >= 0.3 is 5.97 Å². The highest BCUT2D eigenvalue weighted by Gasteiger charge is 2.41. The van der Waals surface area contributed by atoms with Gasteiger partial charge in [0.25, 0.3) is 0 Å². The van der Waals surface area contributed by atoms with Crippen LogP contribution in [-0.2, 0) is 9.53 Å². The molecule has 1 aliphatic rings. The number of carboxylic acid groups (broad SMARTS) is 1. The van der Waals surface area contributed by atoms with E-state index in [2.05, 4.69) is 36.9 Å². The Hall–Kier alpha value is -1.55. The molecule has 0 atom stereocenters. The van der Waals surface area contributed by atoms with Crippen molar-refractivity contribution in [1.29, 1.82) is 0 Å². The Morgan fingerprint density at radius 2 is 1.80 bits per heavy atom. The summed E-state index contributed by atoms with van der Waals surface area (Å²) in [5.41, 5.74) is 2.78. The van der Waals surface area contributed by atoms with E-state index in [1.165, 1.54) is 11.1 Å². The summed E-state index contributed by atoms with van der Waals surface area (Å²) in [5, 5.41) is 9.61. The van der Waals surface area contributed by atoms with Gasteiger partial charge in [0.05, 0.1) is 5.41 Å². The van der Waals surface area contributed by atoms with Crippen molar-refractivity contribution >= 4 is 11.7 Å². The van der Waals surface area contributed by atoms with Crippen molar-refractivity contribution in [1.82, 2.24) is 0 Å². The first-order valence-corrected chi connectivity index (χ1v) is 7.03. The average Bonchev–Trinajstić information content (AvgIpc) is 2.38. The van der Waals surface area contributed by atoms with E-state index in [1.807, 2.05) is 7.05 Å². The lowest BCUT2D eigenvalue weighted by atomic mass is 9.79. The minimum atomic E-state index is -0.711. The van der Waals surface area contributed by atoms with Crippen LogP contribution < -0.4 is 4.90 Å². The first-order chi connectivity index (χ1) is 9.43. The van der Waals surface area contributed by atoms with Gasteiger partial charge in [-0.3, -0.25) is 4.79 Å². The van der Waals surface area contributed by atoms with Crippen LogP contribution in [0.3, 0.4) is 0 Å². The van der Waals surface area contributed by atoms with E-state index in [0.717, 1.165) is 5.69 Å². The molecule has 0 aliphatic carbocycles. The van der Waals surface area contributed by atoms with Crippen molar-refractivity contribution in [2.45, 2.75) is 26.7 Å². The van der Waals surface area contributed by atoms with E-state index in [1.54, 1.807) is 0 Å². The number of benzene rings is 1. The lowest BCUT2D eigenvalue weighted by Gasteiger charge is -2.37. The van der Waals surface area contributed by atoms with Crippen molar-refractivity contribution < 1.29 is 14.6 Å². The number of anilines is 1. The van der Waals surface area contributed by atoms with Crippen LogP contribution in [0.25, 0.3) is 0 Å². The third-order valence-electron chi connectivity index (χ3n) is 4.09. The zero-order valence-electron chi connectivity index (χ0n) is 12.5. The molecular weight excluding hydrogens is 254 g/mol. The molecule has 110 valence electrons. The van der Waals surface area contributed by atoms with Gasteiger partial charge in [0, 0.05) is 32.5 Å². The zero-order valence-corrected chi connectivity index (χ0v) is 12.5. The minimum Gasteiger partial charge on any atom is -0.481 e. The van der Waals surface area contributed by atoms with Crippen molar-refractivity contribution in [3.63, 3.8) is 0 Å². The largest absolute Gasteiger partial charge is 0.481 e. The van der Waals surface area contributed by atoms with E-state index in [9.17, 15) is 9.90 Å². The molecule has 0 unspecified atom stereocenters. The summed E-state index contributed by atoms with van der Waals surface area (Å²) in [6.07, 6.45) is 1.16. The fourth-order valence-corrected chi connectivity index (χ4v) is 2.92. The average molecular weight is 277 g/mol. The molecule has 0 aromatic heterocycles. The number of aliphatic carboxylic acids is 1. The summed E-state index contributed by atoms with van der Waals surface area (Å²) in [6.45, 7) is 5.71. The Balaban J connectivity index is 2.19. The molecule has 0 bridgehead atoms. The maximum Gasteiger partial charge on any atom is 0.311 e. The van der Waals surface area contributed by atoms with Gasteiger partial charge in [-0.15, -0.1) is 0 Å². The van der Waals surface area contributed by atoms with Gasteiger partial charge in [-0.25, -0.2) is 0 Å². The van der Waals surface area contributed by atoms with E-state index >= 15 is 0 Å². The highest BCUT2D eigenvalue weighted by molar-refractivity contribution is 5.76. The van der Waals surface area contributed by atoms with Crippen LogP contribution in [0.5, 0.6) is 0 Å². The minimum absolute atomic E-state index is 0.522. The summed E-state index contributed by atoms with van der Waals surface area (Å²) in [6, 6.07) is 6.32. The van der Waals surface area contributed by atoms with E-state index in [4.69, 9.17) is 4.74 Å². The molecule has 0 spiro atoms. The fourth-order valence-electron chi connectivity index (χ4n) is 2.92. The molecule has 1 heterocycles. The number of rotatable bonds is 4. The third kappa shape index (κ3) is 3.12. The van der Waals surface area contributed by atoms with Crippen molar-refractivity contribution in [3.8, 4) is 0 Å². The van der Waals surface area contributed by atoms with E-state index < -0.39 is 11.4 Å². The van der Waals surface area contributed by atoms with Crippen LogP contribution in [0, 0.1) is 19.3 Å². The second-order valence-corrected chi connectivity index (χ2v) is 5.90. The number of hydrogen-bond acceptors (Lipinski definition) is 3. The van der Waals surface area contributed by atoms with Crippen LogP contribution in [0.4, 0.5) is 5.69 Å². The summed E-state index contributed by atoms with van der Waals surface area (Å²) >= 11 is 0. The highest BCUT2D eigenvalue weighted by Crippen LogP contribution is 2.33. The quantitative estimate of drug-likeness (QED) is 0.919. The van der Waals surface area contributed by atoms with Crippen LogP contribution in [0.2, 0.25) is 0 Å². The molecule has 20 heavy (non-hydrogen) atoms. The number of ether oxygens (including phenoxy) is 1. The lowest BCUT2D eigenvalue weighted by molar-refractivity contribution is -0.154. The lowest BCUT2D eigenvalue weighted by Crippen LogP contribution is -2.45. The normalized spacial score (nSPS) is 17.8. The van der Waals surface area contributed by atoms with Crippen molar-refractivity contribution in [2.75, 3.05) is 31.7 Å². The summed E-state index contributed by atoms with van der Waals surface area (Å²) in [4.78, 5) is 13.7. The standard InChI is InChI=1S/C16H23NO3/c1-12-8-13(2)10-14(9-12)17(3)11-16(15(18)19)4-6-20-7-5-16/h8-10H,4-7,11H2,1-3H3,(H,18,19). The van der Waals surface area contributed by atoms with Crippen LogP contribution in [0.1, 0.15) is 24.0 Å². The molecule has 1 N–H and O–H groups in total. The Morgan fingerprint density at radius 3 is 2.30 bits per heavy atom. The Morgan fingerprint density at radius 1 is 1.25 bits per heavy atom. The third-order valence-corrected chi connectivity index (χ3v) is 4.09. The predicted molar refractivity (Wildman–Crippen MR) is 79.3 cm³/mol. The molecular formula is C16H23NO3. The van der Waals surface area contributed by atoms with Gasteiger partial charge in [-0.2, -0.15) is 0 Å². The molecule has 2 rings (SSSR count). The van der Waals surface area contributed by atoms with Gasteiger partial charge in [-0.1, -0.05) is 6.07 Å². The SMILES string of the molecule is Cc1cc(C)cc(N(C)CC2(C(=O)O)CCOCC2)c1. The molecule has 4 nitrogen and oxygen atoms in total. The van der Waals surface area contributed by atoms with Gasteiger partial charge in [0.15, 0.2) is 0 Å². The Labute approximate surface area is 120 Å². The maximum atomic E-state index is 11.7. The van der Waals surface area contributed by atoms with Gasteiger partial charge < -0.3 is 14.7 Å². The maximum absolute atomic E-state index is 11.7.